The molecule has 3 nitrogen and oxygen atoms in total. The first-order chi connectivity index (χ1) is 6.15. The lowest BCUT2D eigenvalue weighted by molar-refractivity contribution is -0.120. The molecule has 1 aliphatic carbocycles. The molecule has 68 valence electrons. The van der Waals surface area contributed by atoms with Crippen molar-refractivity contribution >= 4 is 5.91 Å². The summed E-state index contributed by atoms with van der Waals surface area (Å²) in [5, 5.41) is 0. The summed E-state index contributed by atoms with van der Waals surface area (Å²) in [6.45, 7) is 1.97. The fourth-order valence-electron chi connectivity index (χ4n) is 1.50. The Hall–Kier alpha value is -1.38. The smallest absolute Gasteiger partial charge is 0.229 e. The lowest BCUT2D eigenvalue weighted by atomic mass is 10.0. The zero-order valence-corrected chi connectivity index (χ0v) is 7.58. The molecule has 3 heteroatoms. The summed E-state index contributed by atoms with van der Waals surface area (Å²) in [6.07, 6.45) is 3.47. The first-order valence-corrected chi connectivity index (χ1v) is 4.38. The van der Waals surface area contributed by atoms with Gasteiger partial charge in [-0.2, -0.15) is 0 Å². The highest BCUT2D eigenvalue weighted by Crippen LogP contribution is 2.46. The normalized spacial score (nSPS) is 18.2. The molecule has 1 amide bonds. The maximum absolute atomic E-state index is 11.2. The summed E-state index contributed by atoms with van der Waals surface area (Å²) < 4.78 is 0. The number of primary amides is 1. The van der Waals surface area contributed by atoms with Gasteiger partial charge >= 0.3 is 0 Å². The Morgan fingerprint density at radius 1 is 1.54 bits per heavy atom. The van der Waals surface area contributed by atoms with Crippen molar-refractivity contribution in [2.45, 2.75) is 25.2 Å². The summed E-state index contributed by atoms with van der Waals surface area (Å²) in [6, 6.07) is 3.86. The van der Waals surface area contributed by atoms with Crippen LogP contribution >= 0.6 is 0 Å². The largest absolute Gasteiger partial charge is 0.369 e. The van der Waals surface area contributed by atoms with Crippen LogP contribution in [0.2, 0.25) is 0 Å². The molecule has 1 aliphatic rings. The van der Waals surface area contributed by atoms with Gasteiger partial charge in [-0.3, -0.25) is 9.78 Å². The lowest BCUT2D eigenvalue weighted by Crippen LogP contribution is -2.29. The number of aromatic nitrogens is 1. The van der Waals surface area contributed by atoms with Gasteiger partial charge in [0.15, 0.2) is 0 Å². The first-order valence-electron chi connectivity index (χ1n) is 4.38. The summed E-state index contributed by atoms with van der Waals surface area (Å²) >= 11 is 0. The average molecular weight is 176 g/mol. The Morgan fingerprint density at radius 2 is 2.23 bits per heavy atom. The molecule has 1 saturated carbocycles. The van der Waals surface area contributed by atoms with E-state index in [0.29, 0.717) is 0 Å². The standard InChI is InChI=1S/C10H12N2O/c1-7-2-3-8(12-6-7)10(4-5-10)9(11)13/h2-3,6H,4-5H2,1H3,(H2,11,13). The molecule has 0 radical (unpaired) electrons. The topological polar surface area (TPSA) is 56.0 Å². The molecule has 0 atom stereocenters. The van der Waals surface area contributed by atoms with Gasteiger partial charge in [0.05, 0.1) is 11.1 Å². The summed E-state index contributed by atoms with van der Waals surface area (Å²) in [5.74, 6) is -0.246. The van der Waals surface area contributed by atoms with Crippen LogP contribution in [0.1, 0.15) is 24.1 Å². The van der Waals surface area contributed by atoms with E-state index < -0.39 is 5.41 Å². The van der Waals surface area contributed by atoms with Gasteiger partial charge in [0.25, 0.3) is 0 Å². The quantitative estimate of drug-likeness (QED) is 0.728. The highest BCUT2D eigenvalue weighted by Gasteiger charge is 2.51. The fraction of sp³-hybridized carbons (Fsp3) is 0.400. The van der Waals surface area contributed by atoms with E-state index in [9.17, 15) is 4.79 Å². The molecule has 0 aromatic carbocycles. The van der Waals surface area contributed by atoms with Gasteiger partial charge in [-0.15, -0.1) is 0 Å². The molecule has 13 heavy (non-hydrogen) atoms. The van der Waals surface area contributed by atoms with Gasteiger partial charge in [-0.05, 0) is 31.4 Å². The van der Waals surface area contributed by atoms with Crippen molar-refractivity contribution in [3.8, 4) is 0 Å². The van der Waals surface area contributed by atoms with Gasteiger partial charge < -0.3 is 5.73 Å². The first kappa shape index (κ1) is 8.23. The van der Waals surface area contributed by atoms with Crippen LogP contribution in [0.5, 0.6) is 0 Å². The molecule has 0 saturated heterocycles. The fourth-order valence-corrected chi connectivity index (χ4v) is 1.50. The molecule has 1 aromatic heterocycles. The Morgan fingerprint density at radius 3 is 2.62 bits per heavy atom. The van der Waals surface area contributed by atoms with E-state index in [2.05, 4.69) is 4.98 Å². The monoisotopic (exact) mass is 176 g/mol. The van der Waals surface area contributed by atoms with E-state index in [0.717, 1.165) is 24.1 Å². The van der Waals surface area contributed by atoms with Gasteiger partial charge in [0, 0.05) is 6.20 Å². The molecular weight excluding hydrogens is 164 g/mol. The van der Waals surface area contributed by atoms with Gasteiger partial charge in [0.1, 0.15) is 0 Å². The second kappa shape index (κ2) is 2.55. The minimum absolute atomic E-state index is 0.246. The second-order valence-electron chi connectivity index (χ2n) is 3.67. The van der Waals surface area contributed by atoms with E-state index >= 15 is 0 Å². The molecule has 2 rings (SSSR count). The van der Waals surface area contributed by atoms with E-state index in [1.54, 1.807) is 6.20 Å². The van der Waals surface area contributed by atoms with Crippen LogP contribution in [-0.2, 0) is 10.2 Å². The molecule has 1 aromatic rings. The number of amides is 1. The zero-order valence-electron chi connectivity index (χ0n) is 7.58. The van der Waals surface area contributed by atoms with E-state index in [-0.39, 0.29) is 5.91 Å². The van der Waals surface area contributed by atoms with Crippen molar-refractivity contribution in [1.82, 2.24) is 4.98 Å². The number of pyridine rings is 1. The average Bonchev–Trinajstić information content (AvgIpc) is 2.86. The Kier molecular flexibility index (Phi) is 1.62. The van der Waals surface area contributed by atoms with Crippen LogP contribution in [0.3, 0.4) is 0 Å². The minimum atomic E-state index is -0.437. The molecule has 1 heterocycles. The third kappa shape index (κ3) is 1.20. The number of aryl methyl sites for hydroxylation is 1. The van der Waals surface area contributed by atoms with Crippen molar-refractivity contribution in [3.05, 3.63) is 29.6 Å². The Balaban J connectivity index is 2.36. The number of hydrogen-bond donors (Lipinski definition) is 1. The summed E-state index contributed by atoms with van der Waals surface area (Å²) in [7, 11) is 0. The number of nitrogens with zero attached hydrogens (tertiary/aromatic N) is 1. The Labute approximate surface area is 77.0 Å². The molecule has 0 bridgehead atoms. The third-order valence-electron chi connectivity index (χ3n) is 2.62. The SMILES string of the molecule is Cc1ccc(C2(C(N)=O)CC2)nc1. The van der Waals surface area contributed by atoms with Crippen LogP contribution in [-0.4, -0.2) is 10.9 Å². The molecule has 0 spiro atoms. The van der Waals surface area contributed by atoms with Crippen LogP contribution < -0.4 is 5.73 Å². The number of hydrogen-bond acceptors (Lipinski definition) is 2. The maximum atomic E-state index is 11.2. The van der Waals surface area contributed by atoms with E-state index in [1.165, 1.54) is 0 Å². The summed E-state index contributed by atoms with van der Waals surface area (Å²) in [5.41, 5.74) is 6.81. The van der Waals surface area contributed by atoms with Crippen molar-refractivity contribution in [1.29, 1.82) is 0 Å². The summed E-state index contributed by atoms with van der Waals surface area (Å²) in [4.78, 5) is 15.4. The van der Waals surface area contributed by atoms with Crippen molar-refractivity contribution in [2.75, 3.05) is 0 Å². The van der Waals surface area contributed by atoms with Gasteiger partial charge in [0.2, 0.25) is 5.91 Å². The second-order valence-corrected chi connectivity index (χ2v) is 3.67. The number of nitrogens with two attached hydrogens (primary N) is 1. The van der Waals surface area contributed by atoms with E-state index in [4.69, 9.17) is 5.73 Å². The lowest BCUT2D eigenvalue weighted by Gasteiger charge is -2.09. The van der Waals surface area contributed by atoms with Crippen LogP contribution in [0.25, 0.3) is 0 Å². The molecule has 2 N–H and O–H groups in total. The maximum Gasteiger partial charge on any atom is 0.229 e. The predicted molar refractivity (Wildman–Crippen MR) is 49.1 cm³/mol. The number of carbonyl (C=O) groups is 1. The molecule has 0 unspecified atom stereocenters. The van der Waals surface area contributed by atoms with Crippen LogP contribution in [0.15, 0.2) is 18.3 Å². The zero-order chi connectivity index (χ0) is 9.47. The van der Waals surface area contributed by atoms with Crippen molar-refractivity contribution in [2.24, 2.45) is 5.73 Å². The number of rotatable bonds is 2. The van der Waals surface area contributed by atoms with Crippen LogP contribution in [0.4, 0.5) is 0 Å². The highest BCUT2D eigenvalue weighted by atomic mass is 16.1. The predicted octanol–water partition coefficient (Wildman–Crippen LogP) is 0.907. The number of carbonyl (C=O) groups excluding carboxylic acids is 1. The van der Waals surface area contributed by atoms with Crippen molar-refractivity contribution in [3.63, 3.8) is 0 Å². The van der Waals surface area contributed by atoms with E-state index in [1.807, 2.05) is 19.1 Å². The molecular formula is C10H12N2O. The molecule has 1 fully saturated rings. The van der Waals surface area contributed by atoms with Gasteiger partial charge in [-0.25, -0.2) is 0 Å². The third-order valence-corrected chi connectivity index (χ3v) is 2.62. The van der Waals surface area contributed by atoms with Crippen molar-refractivity contribution < 1.29 is 4.79 Å². The Bertz CT molecular complexity index is 338. The minimum Gasteiger partial charge on any atom is -0.369 e. The molecule has 0 aliphatic heterocycles. The van der Waals surface area contributed by atoms with Gasteiger partial charge in [-0.1, -0.05) is 6.07 Å². The highest BCUT2D eigenvalue weighted by molar-refractivity contribution is 5.89. The van der Waals surface area contributed by atoms with Crippen LogP contribution in [0, 0.1) is 6.92 Å².